The minimum Gasteiger partial charge on any atom is -0.410 e. The second-order valence-corrected chi connectivity index (χ2v) is 3.08. The second-order valence-electron chi connectivity index (χ2n) is 2.82. The first-order chi connectivity index (χ1) is 6.81. The fourth-order valence-corrected chi connectivity index (χ4v) is 1.42. The topological polar surface area (TPSA) is 27.7 Å². The summed E-state index contributed by atoms with van der Waals surface area (Å²) in [5.41, 5.74) is 2.01. The average Bonchev–Trinajstić information content (AvgIpc) is 2.21. The van der Waals surface area contributed by atoms with Gasteiger partial charge in [0.15, 0.2) is 0 Å². The van der Waals surface area contributed by atoms with E-state index < -0.39 is 0 Å². The molecule has 1 aromatic carbocycles. The van der Waals surface area contributed by atoms with Gasteiger partial charge in [-0.15, -0.1) is 0 Å². The molecule has 0 unspecified atom stereocenters. The van der Waals surface area contributed by atoms with Crippen molar-refractivity contribution in [2.45, 2.75) is 6.61 Å². The Kier molecular flexibility index (Phi) is 5.04. The maximum Gasteiger partial charge on any atom is 0.493 e. The standard InChI is InChI=1S/C9H13BO3S/c1-11-10(12-2)9-5-3-4-8(6-9)7-13-14/h3-6,14H,7H2,1-2H3. The van der Waals surface area contributed by atoms with Crippen LogP contribution in [0.5, 0.6) is 0 Å². The average molecular weight is 212 g/mol. The second kappa shape index (κ2) is 6.08. The van der Waals surface area contributed by atoms with Crippen LogP contribution in [0.2, 0.25) is 0 Å². The van der Waals surface area contributed by atoms with Crippen molar-refractivity contribution >= 4 is 25.5 Å². The predicted octanol–water partition coefficient (Wildman–Crippen LogP) is 1.04. The lowest BCUT2D eigenvalue weighted by Crippen LogP contribution is -2.34. The summed E-state index contributed by atoms with van der Waals surface area (Å²) < 4.78 is 15.0. The molecule has 0 saturated carbocycles. The molecular weight excluding hydrogens is 199 g/mol. The molecule has 0 aromatic heterocycles. The van der Waals surface area contributed by atoms with Crippen molar-refractivity contribution < 1.29 is 13.5 Å². The Balaban J connectivity index is 2.81. The van der Waals surface area contributed by atoms with Crippen LogP contribution in [-0.2, 0) is 20.1 Å². The molecule has 0 fully saturated rings. The maximum atomic E-state index is 5.14. The third-order valence-electron chi connectivity index (χ3n) is 1.88. The van der Waals surface area contributed by atoms with Gasteiger partial charge in [-0.3, -0.25) is 0 Å². The molecule has 0 aliphatic heterocycles. The highest BCUT2D eigenvalue weighted by Crippen LogP contribution is 2.01. The fraction of sp³-hybridized carbons (Fsp3) is 0.333. The normalized spacial score (nSPS) is 10.2. The smallest absolute Gasteiger partial charge is 0.410 e. The summed E-state index contributed by atoms with van der Waals surface area (Å²) >= 11 is 3.70. The first kappa shape index (κ1) is 11.6. The van der Waals surface area contributed by atoms with Crippen LogP contribution in [-0.4, -0.2) is 21.3 Å². The van der Waals surface area contributed by atoms with Crippen LogP contribution in [0.3, 0.4) is 0 Å². The van der Waals surface area contributed by atoms with Crippen LogP contribution in [0.4, 0.5) is 0 Å². The number of benzene rings is 1. The van der Waals surface area contributed by atoms with E-state index in [4.69, 9.17) is 13.5 Å². The van der Waals surface area contributed by atoms with Gasteiger partial charge in [-0.05, 0) is 23.9 Å². The molecule has 3 nitrogen and oxygen atoms in total. The van der Waals surface area contributed by atoms with Crippen LogP contribution in [0.25, 0.3) is 0 Å². The molecule has 1 aromatic rings. The van der Waals surface area contributed by atoms with Crippen molar-refractivity contribution in [3.8, 4) is 0 Å². The molecule has 0 saturated heterocycles. The Morgan fingerprint density at radius 1 is 1.29 bits per heavy atom. The lowest BCUT2D eigenvalue weighted by Gasteiger charge is -2.09. The van der Waals surface area contributed by atoms with E-state index in [2.05, 4.69) is 12.9 Å². The van der Waals surface area contributed by atoms with E-state index in [1.54, 1.807) is 14.2 Å². The third kappa shape index (κ3) is 3.03. The molecule has 0 heterocycles. The summed E-state index contributed by atoms with van der Waals surface area (Å²) in [6.45, 7) is 0.469. The summed E-state index contributed by atoms with van der Waals surface area (Å²) in [4.78, 5) is 0. The van der Waals surface area contributed by atoms with Gasteiger partial charge in [-0.1, -0.05) is 24.3 Å². The summed E-state index contributed by atoms with van der Waals surface area (Å²) in [5.74, 6) is 0. The summed E-state index contributed by atoms with van der Waals surface area (Å²) in [5, 5.41) is 0. The number of rotatable bonds is 5. The summed E-state index contributed by atoms with van der Waals surface area (Å²) in [6, 6.07) is 7.80. The molecule has 0 radical (unpaired) electrons. The lowest BCUT2D eigenvalue weighted by atomic mass is 9.78. The first-order valence-electron chi connectivity index (χ1n) is 4.22. The lowest BCUT2D eigenvalue weighted by molar-refractivity contribution is 0.292. The van der Waals surface area contributed by atoms with E-state index >= 15 is 0 Å². The molecule has 0 aliphatic rings. The van der Waals surface area contributed by atoms with Crippen molar-refractivity contribution in [1.29, 1.82) is 0 Å². The van der Waals surface area contributed by atoms with Gasteiger partial charge in [0, 0.05) is 14.2 Å². The van der Waals surface area contributed by atoms with E-state index in [1.807, 2.05) is 24.3 Å². The highest BCUT2D eigenvalue weighted by atomic mass is 32.1. The van der Waals surface area contributed by atoms with Gasteiger partial charge in [-0.2, -0.15) is 0 Å². The van der Waals surface area contributed by atoms with Gasteiger partial charge in [0.05, 0.1) is 6.61 Å². The van der Waals surface area contributed by atoms with Crippen molar-refractivity contribution in [3.05, 3.63) is 29.8 Å². The quantitative estimate of drug-likeness (QED) is 0.449. The number of hydrogen-bond donors (Lipinski definition) is 1. The van der Waals surface area contributed by atoms with Gasteiger partial charge in [0.1, 0.15) is 0 Å². The van der Waals surface area contributed by atoms with E-state index in [-0.39, 0.29) is 7.12 Å². The molecule has 0 N–H and O–H groups in total. The third-order valence-corrected chi connectivity index (χ3v) is 2.01. The molecule has 1 rings (SSSR count). The Morgan fingerprint density at radius 3 is 2.57 bits per heavy atom. The molecule has 0 amide bonds. The van der Waals surface area contributed by atoms with Gasteiger partial charge in [0.25, 0.3) is 0 Å². The highest BCUT2D eigenvalue weighted by Gasteiger charge is 2.17. The van der Waals surface area contributed by atoms with Gasteiger partial charge >= 0.3 is 7.12 Å². The van der Waals surface area contributed by atoms with Crippen LogP contribution in [0.15, 0.2) is 24.3 Å². The molecule has 14 heavy (non-hydrogen) atoms. The monoisotopic (exact) mass is 212 g/mol. The van der Waals surface area contributed by atoms with Crippen LogP contribution >= 0.6 is 12.9 Å². The molecule has 0 spiro atoms. The van der Waals surface area contributed by atoms with Gasteiger partial charge in [-0.25, -0.2) is 0 Å². The SMILES string of the molecule is COB(OC)c1cccc(COS)c1. The van der Waals surface area contributed by atoms with Crippen LogP contribution in [0.1, 0.15) is 5.56 Å². The Morgan fingerprint density at radius 2 is 2.00 bits per heavy atom. The highest BCUT2D eigenvalue weighted by molar-refractivity contribution is 7.75. The number of thiol groups is 1. The van der Waals surface area contributed by atoms with Crippen molar-refractivity contribution in [1.82, 2.24) is 0 Å². The van der Waals surface area contributed by atoms with Crippen LogP contribution < -0.4 is 5.46 Å². The van der Waals surface area contributed by atoms with Gasteiger partial charge < -0.3 is 13.5 Å². The minimum absolute atomic E-state index is 0.324. The zero-order valence-corrected chi connectivity index (χ0v) is 9.16. The van der Waals surface area contributed by atoms with E-state index in [1.165, 1.54) is 0 Å². The molecule has 0 aliphatic carbocycles. The Labute approximate surface area is 90.1 Å². The predicted molar refractivity (Wildman–Crippen MR) is 59.6 cm³/mol. The van der Waals surface area contributed by atoms with Crippen LogP contribution in [0, 0.1) is 0 Å². The maximum absolute atomic E-state index is 5.14. The zero-order valence-electron chi connectivity index (χ0n) is 8.27. The molecule has 0 bridgehead atoms. The zero-order chi connectivity index (χ0) is 10.4. The minimum atomic E-state index is -0.324. The van der Waals surface area contributed by atoms with E-state index in [9.17, 15) is 0 Å². The van der Waals surface area contributed by atoms with E-state index in [0.717, 1.165) is 11.0 Å². The van der Waals surface area contributed by atoms with Crippen molar-refractivity contribution in [3.63, 3.8) is 0 Å². The fourth-order valence-electron chi connectivity index (χ4n) is 1.27. The number of hydrogen-bond acceptors (Lipinski definition) is 4. The summed E-state index contributed by atoms with van der Waals surface area (Å²) in [6.07, 6.45) is 0. The molecule has 5 heteroatoms. The van der Waals surface area contributed by atoms with Crippen molar-refractivity contribution in [2.24, 2.45) is 0 Å². The first-order valence-corrected chi connectivity index (χ1v) is 4.59. The van der Waals surface area contributed by atoms with Crippen molar-refractivity contribution in [2.75, 3.05) is 14.2 Å². The summed E-state index contributed by atoms with van der Waals surface area (Å²) in [7, 11) is 2.89. The van der Waals surface area contributed by atoms with Gasteiger partial charge in [0.2, 0.25) is 0 Å². The molecule has 76 valence electrons. The van der Waals surface area contributed by atoms with E-state index in [0.29, 0.717) is 6.61 Å². The Bertz CT molecular complexity index is 279. The molecular formula is C9H13BO3S. The largest absolute Gasteiger partial charge is 0.493 e. The molecule has 0 atom stereocenters. The Hall–Kier alpha value is -0.485.